The third-order valence-electron chi connectivity index (χ3n) is 5.40. The number of benzene rings is 1. The molecule has 1 unspecified atom stereocenters. The highest BCUT2D eigenvalue weighted by atomic mass is 16.5. The highest BCUT2D eigenvalue weighted by Gasteiger charge is 2.45. The van der Waals surface area contributed by atoms with E-state index < -0.39 is 41.9 Å². The molecule has 0 radical (unpaired) electrons. The Morgan fingerprint density at radius 2 is 2.03 bits per heavy atom. The standard InChI is InChI=1S/C19H20N4O7/c24-14-5-4-13(16(25)21-14)23-17(26)11-2-1-3-12(15(11)18(23)27)20-8-10-9-22(19(28)29)6-7-30-10/h1-3,10,13,20H,4-9H2,(H,28,29)(H,21,24,25)/t10-,13?/m0/s1. The number of morpholine rings is 1. The zero-order chi connectivity index (χ0) is 21.4. The van der Waals surface area contributed by atoms with Gasteiger partial charge < -0.3 is 20.1 Å². The first-order valence-corrected chi connectivity index (χ1v) is 9.54. The number of nitrogens with one attached hydrogen (secondary N) is 2. The van der Waals surface area contributed by atoms with Crippen molar-refractivity contribution in [3.63, 3.8) is 0 Å². The molecule has 3 heterocycles. The van der Waals surface area contributed by atoms with Gasteiger partial charge in [0.15, 0.2) is 0 Å². The van der Waals surface area contributed by atoms with Gasteiger partial charge in [0.2, 0.25) is 11.8 Å². The van der Waals surface area contributed by atoms with E-state index in [4.69, 9.17) is 9.84 Å². The van der Waals surface area contributed by atoms with Crippen molar-refractivity contribution in [1.82, 2.24) is 15.1 Å². The summed E-state index contributed by atoms with van der Waals surface area (Å²) in [5.74, 6) is -2.29. The summed E-state index contributed by atoms with van der Waals surface area (Å²) in [6, 6.07) is 3.73. The van der Waals surface area contributed by atoms with Crippen LogP contribution in [0.2, 0.25) is 0 Å². The molecule has 4 rings (SSSR count). The smallest absolute Gasteiger partial charge is 0.407 e. The molecule has 11 heteroatoms. The van der Waals surface area contributed by atoms with E-state index in [0.717, 1.165) is 4.90 Å². The van der Waals surface area contributed by atoms with Crippen LogP contribution >= 0.6 is 0 Å². The Morgan fingerprint density at radius 3 is 2.77 bits per heavy atom. The minimum Gasteiger partial charge on any atom is -0.465 e. The number of carbonyl (C=O) groups is 5. The number of rotatable bonds is 4. The molecule has 2 fully saturated rings. The van der Waals surface area contributed by atoms with E-state index in [1.807, 2.05) is 0 Å². The minimum atomic E-state index is -1.03. The largest absolute Gasteiger partial charge is 0.465 e. The molecule has 158 valence electrons. The third-order valence-corrected chi connectivity index (χ3v) is 5.40. The Labute approximate surface area is 170 Å². The van der Waals surface area contributed by atoms with Crippen molar-refractivity contribution in [2.24, 2.45) is 0 Å². The Bertz CT molecular complexity index is 947. The van der Waals surface area contributed by atoms with Crippen molar-refractivity contribution in [3.05, 3.63) is 29.3 Å². The molecular weight excluding hydrogens is 396 g/mol. The molecule has 0 aromatic heterocycles. The fourth-order valence-electron chi connectivity index (χ4n) is 3.90. The van der Waals surface area contributed by atoms with E-state index in [-0.39, 0.29) is 43.7 Å². The number of fused-ring (bicyclic) bond motifs is 1. The fourth-order valence-corrected chi connectivity index (χ4v) is 3.90. The Morgan fingerprint density at radius 1 is 1.23 bits per heavy atom. The summed E-state index contributed by atoms with van der Waals surface area (Å²) in [5.41, 5.74) is 0.723. The average Bonchev–Trinajstić information content (AvgIpc) is 2.98. The van der Waals surface area contributed by atoms with Gasteiger partial charge in [0.25, 0.3) is 11.8 Å². The summed E-state index contributed by atoms with van der Waals surface area (Å²) in [6.45, 7) is 0.986. The van der Waals surface area contributed by atoms with Gasteiger partial charge >= 0.3 is 6.09 Å². The molecule has 1 aromatic carbocycles. The molecular formula is C19H20N4O7. The lowest BCUT2D eigenvalue weighted by Crippen LogP contribution is -2.54. The lowest BCUT2D eigenvalue weighted by molar-refractivity contribution is -0.136. The van der Waals surface area contributed by atoms with Crippen molar-refractivity contribution in [1.29, 1.82) is 0 Å². The van der Waals surface area contributed by atoms with Crippen LogP contribution in [0.25, 0.3) is 0 Å². The van der Waals surface area contributed by atoms with Crippen LogP contribution in [-0.4, -0.2) is 83.0 Å². The van der Waals surface area contributed by atoms with Gasteiger partial charge in [-0.05, 0) is 18.6 Å². The van der Waals surface area contributed by atoms with Crippen LogP contribution < -0.4 is 10.6 Å². The van der Waals surface area contributed by atoms with E-state index in [1.165, 1.54) is 11.0 Å². The van der Waals surface area contributed by atoms with Gasteiger partial charge in [0, 0.05) is 25.2 Å². The number of imide groups is 2. The number of anilines is 1. The zero-order valence-corrected chi connectivity index (χ0v) is 15.9. The van der Waals surface area contributed by atoms with Gasteiger partial charge in [0.05, 0.1) is 30.4 Å². The monoisotopic (exact) mass is 416 g/mol. The number of hydrogen-bond acceptors (Lipinski definition) is 7. The Kier molecular flexibility index (Phi) is 5.12. The third kappa shape index (κ3) is 3.47. The summed E-state index contributed by atoms with van der Waals surface area (Å²) < 4.78 is 5.57. The van der Waals surface area contributed by atoms with Crippen LogP contribution in [0.15, 0.2) is 18.2 Å². The highest BCUT2D eigenvalue weighted by Crippen LogP contribution is 2.32. The van der Waals surface area contributed by atoms with Crippen molar-refractivity contribution in [3.8, 4) is 0 Å². The molecule has 3 aliphatic rings. The Balaban J connectivity index is 1.51. The molecule has 2 saturated heterocycles. The number of piperidine rings is 1. The van der Waals surface area contributed by atoms with E-state index in [9.17, 15) is 24.0 Å². The molecule has 3 aliphatic heterocycles. The second-order valence-electron chi connectivity index (χ2n) is 7.28. The van der Waals surface area contributed by atoms with Crippen LogP contribution in [0.5, 0.6) is 0 Å². The quantitative estimate of drug-likeness (QED) is 0.576. The van der Waals surface area contributed by atoms with Crippen LogP contribution in [0.1, 0.15) is 33.6 Å². The van der Waals surface area contributed by atoms with Crippen molar-refractivity contribution in [2.45, 2.75) is 25.0 Å². The fraction of sp³-hybridized carbons (Fsp3) is 0.421. The van der Waals surface area contributed by atoms with Gasteiger partial charge in [-0.2, -0.15) is 0 Å². The van der Waals surface area contributed by atoms with Crippen molar-refractivity contribution >= 4 is 35.4 Å². The normalized spacial score (nSPS) is 24.0. The molecule has 0 spiro atoms. The predicted octanol–water partition coefficient (Wildman–Crippen LogP) is -0.121. The first-order chi connectivity index (χ1) is 14.4. The minimum absolute atomic E-state index is 0.0496. The summed E-state index contributed by atoms with van der Waals surface area (Å²) in [4.78, 5) is 62.7. The van der Waals surface area contributed by atoms with Crippen LogP contribution in [0, 0.1) is 0 Å². The van der Waals surface area contributed by atoms with Crippen molar-refractivity contribution < 1.29 is 33.8 Å². The Hall–Kier alpha value is -3.47. The summed E-state index contributed by atoms with van der Waals surface area (Å²) in [5, 5.41) is 14.4. The molecule has 0 aliphatic carbocycles. The van der Waals surface area contributed by atoms with E-state index in [2.05, 4.69) is 10.6 Å². The number of hydrogen-bond donors (Lipinski definition) is 3. The number of ether oxygens (including phenoxy) is 1. The van der Waals surface area contributed by atoms with Gasteiger partial charge in [-0.15, -0.1) is 0 Å². The first kappa shape index (κ1) is 19.8. The second-order valence-corrected chi connectivity index (χ2v) is 7.28. The lowest BCUT2D eigenvalue weighted by atomic mass is 10.0. The van der Waals surface area contributed by atoms with Gasteiger partial charge in [-0.3, -0.25) is 29.4 Å². The van der Waals surface area contributed by atoms with Crippen molar-refractivity contribution in [2.75, 3.05) is 31.6 Å². The van der Waals surface area contributed by atoms with Gasteiger partial charge in [0.1, 0.15) is 6.04 Å². The number of nitrogens with zero attached hydrogens (tertiary/aromatic N) is 2. The lowest BCUT2D eigenvalue weighted by Gasteiger charge is -2.31. The van der Waals surface area contributed by atoms with E-state index >= 15 is 0 Å². The average molecular weight is 416 g/mol. The van der Waals surface area contributed by atoms with Crippen LogP contribution in [0.3, 0.4) is 0 Å². The molecule has 30 heavy (non-hydrogen) atoms. The summed E-state index contributed by atoms with van der Waals surface area (Å²) >= 11 is 0. The molecule has 5 amide bonds. The maximum atomic E-state index is 13.0. The maximum Gasteiger partial charge on any atom is 0.407 e. The topological polar surface area (TPSA) is 145 Å². The molecule has 1 aromatic rings. The highest BCUT2D eigenvalue weighted by molar-refractivity contribution is 6.25. The molecule has 0 saturated carbocycles. The SMILES string of the molecule is O=C1CCC(N2C(=O)c3cccc(NC[C@H]4CN(C(=O)O)CCO4)c3C2=O)C(=O)N1. The number of carboxylic acid groups (broad SMARTS) is 1. The first-order valence-electron chi connectivity index (χ1n) is 9.54. The number of carbonyl (C=O) groups excluding carboxylic acids is 4. The van der Waals surface area contributed by atoms with Crippen LogP contribution in [-0.2, 0) is 14.3 Å². The predicted molar refractivity (Wildman–Crippen MR) is 101 cm³/mol. The van der Waals surface area contributed by atoms with Crippen LogP contribution in [0.4, 0.5) is 10.5 Å². The maximum absolute atomic E-state index is 13.0. The summed E-state index contributed by atoms with van der Waals surface area (Å²) in [7, 11) is 0. The molecule has 11 nitrogen and oxygen atoms in total. The molecule has 3 N–H and O–H groups in total. The van der Waals surface area contributed by atoms with Gasteiger partial charge in [-0.25, -0.2) is 4.79 Å². The van der Waals surface area contributed by atoms with Gasteiger partial charge in [-0.1, -0.05) is 6.07 Å². The van der Waals surface area contributed by atoms with E-state index in [1.54, 1.807) is 12.1 Å². The van der Waals surface area contributed by atoms with E-state index in [0.29, 0.717) is 12.2 Å². The molecule has 0 bridgehead atoms. The summed E-state index contributed by atoms with van der Waals surface area (Å²) in [6.07, 6.45) is -1.30. The second kappa shape index (κ2) is 7.75. The zero-order valence-electron chi connectivity index (χ0n) is 15.9. The molecule has 2 atom stereocenters. The number of amides is 5.